The van der Waals surface area contributed by atoms with Gasteiger partial charge in [-0.2, -0.15) is 0 Å². The predicted molar refractivity (Wildman–Crippen MR) is 51.9 cm³/mol. The average molecular weight is 167 g/mol. The summed E-state index contributed by atoms with van der Waals surface area (Å²) in [5, 5.41) is 2.76. The fraction of sp³-hybridized carbons (Fsp3) is 0.500. The minimum atomic E-state index is 0.0153. The predicted octanol–water partition coefficient (Wildman–Crippen LogP) is 2.04. The number of carbonyl (C=O) groups excluding carboxylic acids is 1. The molecule has 0 atom stereocenters. The van der Waals surface area contributed by atoms with Crippen LogP contribution in [0.1, 0.15) is 27.2 Å². The van der Waals surface area contributed by atoms with E-state index in [9.17, 15) is 4.79 Å². The Bertz CT molecular complexity index is 192. The molecule has 0 aromatic heterocycles. The van der Waals surface area contributed by atoms with E-state index < -0.39 is 0 Å². The molecule has 2 heteroatoms. The Labute approximate surface area is 74.4 Å². The number of hydrogen-bond acceptors (Lipinski definition) is 1. The van der Waals surface area contributed by atoms with Gasteiger partial charge in [0, 0.05) is 13.5 Å². The van der Waals surface area contributed by atoms with Crippen LogP contribution < -0.4 is 5.32 Å². The van der Waals surface area contributed by atoms with E-state index in [1.54, 1.807) is 0 Å². The van der Waals surface area contributed by atoms with Crippen molar-refractivity contribution in [3.8, 4) is 0 Å². The molecule has 0 saturated heterocycles. The molecule has 0 spiro atoms. The molecule has 0 unspecified atom stereocenters. The van der Waals surface area contributed by atoms with Crippen LogP contribution in [0.2, 0.25) is 0 Å². The molecule has 0 aliphatic heterocycles. The topological polar surface area (TPSA) is 29.1 Å². The number of nitrogens with one attached hydrogen (secondary N) is 1. The summed E-state index contributed by atoms with van der Waals surface area (Å²) in [6.07, 6.45) is 7.10. The van der Waals surface area contributed by atoms with E-state index in [1.165, 1.54) is 6.92 Å². The Morgan fingerprint density at radius 3 is 2.58 bits per heavy atom. The van der Waals surface area contributed by atoms with Crippen LogP contribution in [0.5, 0.6) is 0 Å². The van der Waals surface area contributed by atoms with Gasteiger partial charge >= 0.3 is 0 Å². The van der Waals surface area contributed by atoms with Crippen molar-refractivity contribution in [2.75, 3.05) is 6.54 Å². The molecule has 0 aliphatic rings. The van der Waals surface area contributed by atoms with Crippen LogP contribution in [-0.4, -0.2) is 12.5 Å². The van der Waals surface area contributed by atoms with E-state index in [2.05, 4.69) is 18.3 Å². The van der Waals surface area contributed by atoms with Crippen molar-refractivity contribution in [3.05, 3.63) is 23.8 Å². The smallest absolute Gasteiger partial charge is 0.217 e. The molecule has 0 radical (unpaired) electrons. The summed E-state index contributed by atoms with van der Waals surface area (Å²) >= 11 is 0. The van der Waals surface area contributed by atoms with E-state index in [0.29, 0.717) is 6.54 Å². The van der Waals surface area contributed by atoms with Gasteiger partial charge in [0.2, 0.25) is 5.91 Å². The Morgan fingerprint density at radius 2 is 2.17 bits per heavy atom. The molecule has 0 bridgehead atoms. The Hall–Kier alpha value is -1.05. The second-order valence-corrected chi connectivity index (χ2v) is 2.60. The van der Waals surface area contributed by atoms with Gasteiger partial charge in [-0.3, -0.25) is 4.79 Å². The third-order valence-corrected chi connectivity index (χ3v) is 1.39. The number of allylic oxidation sites excluding steroid dienone is 2. The lowest BCUT2D eigenvalue weighted by Crippen LogP contribution is -2.21. The van der Waals surface area contributed by atoms with Crippen LogP contribution >= 0.6 is 0 Å². The van der Waals surface area contributed by atoms with E-state index in [1.807, 2.05) is 19.1 Å². The third-order valence-electron chi connectivity index (χ3n) is 1.39. The maximum absolute atomic E-state index is 10.6. The highest BCUT2D eigenvalue weighted by molar-refractivity contribution is 5.73. The first kappa shape index (κ1) is 11.0. The Kier molecular flexibility index (Phi) is 6.07. The standard InChI is InChI=1S/C10H17NO/c1-4-6-10(7-5-2)8-11-9(3)12/h4,6-7H,5,8H2,1-3H3,(H,11,12)/b6-4-,10-7+. The van der Waals surface area contributed by atoms with Crippen molar-refractivity contribution >= 4 is 5.91 Å². The van der Waals surface area contributed by atoms with Crippen LogP contribution in [0.3, 0.4) is 0 Å². The van der Waals surface area contributed by atoms with Crippen molar-refractivity contribution in [3.63, 3.8) is 0 Å². The van der Waals surface area contributed by atoms with Gasteiger partial charge in [-0.25, -0.2) is 0 Å². The van der Waals surface area contributed by atoms with Crippen molar-refractivity contribution in [1.29, 1.82) is 0 Å². The zero-order valence-corrected chi connectivity index (χ0v) is 8.05. The second kappa shape index (κ2) is 6.65. The van der Waals surface area contributed by atoms with Crippen molar-refractivity contribution < 1.29 is 4.79 Å². The quantitative estimate of drug-likeness (QED) is 0.638. The highest BCUT2D eigenvalue weighted by Crippen LogP contribution is 1.97. The Morgan fingerprint density at radius 1 is 1.50 bits per heavy atom. The molecule has 12 heavy (non-hydrogen) atoms. The monoisotopic (exact) mass is 167 g/mol. The minimum Gasteiger partial charge on any atom is -0.352 e. The number of rotatable bonds is 4. The summed E-state index contributed by atoms with van der Waals surface area (Å²) in [5.74, 6) is 0.0153. The van der Waals surface area contributed by atoms with Crippen molar-refractivity contribution in [2.45, 2.75) is 27.2 Å². The van der Waals surface area contributed by atoms with Gasteiger partial charge in [0.05, 0.1) is 0 Å². The molecule has 2 nitrogen and oxygen atoms in total. The van der Waals surface area contributed by atoms with Gasteiger partial charge in [-0.05, 0) is 18.9 Å². The van der Waals surface area contributed by atoms with E-state index in [4.69, 9.17) is 0 Å². The minimum absolute atomic E-state index is 0.0153. The first-order valence-electron chi connectivity index (χ1n) is 4.26. The van der Waals surface area contributed by atoms with Crippen LogP contribution in [0.25, 0.3) is 0 Å². The van der Waals surface area contributed by atoms with Crippen molar-refractivity contribution in [2.24, 2.45) is 0 Å². The normalized spacial score (nSPS) is 12.1. The van der Waals surface area contributed by atoms with Gasteiger partial charge in [0.1, 0.15) is 0 Å². The van der Waals surface area contributed by atoms with E-state index in [0.717, 1.165) is 12.0 Å². The molecule has 1 amide bonds. The second-order valence-electron chi connectivity index (χ2n) is 2.60. The highest BCUT2D eigenvalue weighted by atomic mass is 16.1. The number of carbonyl (C=O) groups is 1. The molecule has 0 aromatic rings. The molecule has 0 heterocycles. The highest BCUT2D eigenvalue weighted by Gasteiger charge is 1.92. The SMILES string of the molecule is C/C=C\C(=C/CC)CNC(C)=O. The third kappa shape index (κ3) is 5.71. The number of hydrogen-bond donors (Lipinski definition) is 1. The fourth-order valence-electron chi connectivity index (χ4n) is 0.902. The lowest BCUT2D eigenvalue weighted by Gasteiger charge is -2.02. The molecule has 0 saturated carbocycles. The zero-order chi connectivity index (χ0) is 9.40. The van der Waals surface area contributed by atoms with Crippen LogP contribution in [0, 0.1) is 0 Å². The van der Waals surface area contributed by atoms with Gasteiger partial charge in [0.15, 0.2) is 0 Å². The van der Waals surface area contributed by atoms with Crippen LogP contribution in [0.15, 0.2) is 23.8 Å². The van der Waals surface area contributed by atoms with E-state index >= 15 is 0 Å². The van der Waals surface area contributed by atoms with Gasteiger partial charge in [-0.15, -0.1) is 0 Å². The summed E-state index contributed by atoms with van der Waals surface area (Å²) in [7, 11) is 0. The zero-order valence-electron chi connectivity index (χ0n) is 8.05. The molecule has 0 rings (SSSR count). The molecular formula is C10H17NO. The molecule has 0 aromatic carbocycles. The average Bonchev–Trinajstić information content (AvgIpc) is 2.01. The summed E-state index contributed by atoms with van der Waals surface area (Å²) in [6, 6.07) is 0. The molecule has 0 fully saturated rings. The van der Waals surface area contributed by atoms with Crippen molar-refractivity contribution in [1.82, 2.24) is 5.32 Å². The molecular weight excluding hydrogens is 150 g/mol. The fourth-order valence-corrected chi connectivity index (χ4v) is 0.902. The van der Waals surface area contributed by atoms with Crippen LogP contribution in [-0.2, 0) is 4.79 Å². The molecule has 0 aliphatic carbocycles. The number of amides is 1. The van der Waals surface area contributed by atoms with Gasteiger partial charge < -0.3 is 5.32 Å². The molecule has 68 valence electrons. The lowest BCUT2D eigenvalue weighted by molar-refractivity contribution is -0.118. The first-order valence-corrected chi connectivity index (χ1v) is 4.26. The Balaban J connectivity index is 3.96. The summed E-state index contributed by atoms with van der Waals surface area (Å²) in [6.45, 7) is 6.21. The van der Waals surface area contributed by atoms with E-state index in [-0.39, 0.29) is 5.91 Å². The maximum atomic E-state index is 10.6. The van der Waals surface area contributed by atoms with Gasteiger partial charge in [-0.1, -0.05) is 25.2 Å². The summed E-state index contributed by atoms with van der Waals surface area (Å²) < 4.78 is 0. The van der Waals surface area contributed by atoms with Gasteiger partial charge in [0.25, 0.3) is 0 Å². The summed E-state index contributed by atoms with van der Waals surface area (Å²) in [5.41, 5.74) is 1.16. The summed E-state index contributed by atoms with van der Waals surface area (Å²) in [4.78, 5) is 10.6. The lowest BCUT2D eigenvalue weighted by atomic mass is 10.2. The largest absolute Gasteiger partial charge is 0.352 e. The van der Waals surface area contributed by atoms with Crippen LogP contribution in [0.4, 0.5) is 0 Å². The maximum Gasteiger partial charge on any atom is 0.217 e. The molecule has 1 N–H and O–H groups in total. The first-order chi connectivity index (χ1) is 5.70.